The van der Waals surface area contributed by atoms with E-state index in [1.54, 1.807) is 37.4 Å². The van der Waals surface area contributed by atoms with Crippen LogP contribution in [0.4, 0.5) is 13.2 Å². The third-order valence-corrected chi connectivity index (χ3v) is 4.01. The van der Waals surface area contributed by atoms with E-state index in [1.807, 2.05) is 0 Å². The monoisotopic (exact) mass is 351 g/mol. The molecule has 3 rings (SSSR count). The Labute approximate surface area is 141 Å². The summed E-state index contributed by atoms with van der Waals surface area (Å²) in [6.07, 6.45) is -3.12. The fourth-order valence-electron chi connectivity index (χ4n) is 2.38. The van der Waals surface area contributed by atoms with Crippen LogP contribution in [0.5, 0.6) is 5.75 Å². The number of fused-ring (bicyclic) bond motifs is 1. The molecule has 0 bridgehead atoms. The zero-order valence-corrected chi connectivity index (χ0v) is 13.4. The molecule has 0 aliphatic carbocycles. The highest BCUT2D eigenvalue weighted by molar-refractivity contribution is 6.35. The van der Waals surface area contributed by atoms with Crippen molar-refractivity contribution in [3.05, 3.63) is 70.9 Å². The topological polar surface area (TPSA) is 22.1 Å². The molecule has 3 aromatic rings. The SMILES string of the molecule is CC(Oc1ccc2nccc(Cl)c2c1)c1ccc(C(F)(F)F)cc1. The minimum absolute atomic E-state index is 0.403. The lowest BCUT2D eigenvalue weighted by Gasteiger charge is -2.16. The number of pyridine rings is 1. The number of benzene rings is 2. The number of alkyl halides is 3. The van der Waals surface area contributed by atoms with Gasteiger partial charge in [-0.2, -0.15) is 13.2 Å². The number of hydrogen-bond donors (Lipinski definition) is 0. The standard InChI is InChI=1S/C18H13ClF3NO/c1-11(12-2-4-13(5-3-12)18(20,21)22)24-14-6-7-17-15(10-14)16(19)8-9-23-17/h2-11H,1H3. The Bertz CT molecular complexity index is 862. The summed E-state index contributed by atoms with van der Waals surface area (Å²) < 4.78 is 43.6. The summed E-state index contributed by atoms with van der Waals surface area (Å²) in [6.45, 7) is 1.78. The van der Waals surface area contributed by atoms with E-state index in [0.717, 1.165) is 23.0 Å². The first-order valence-electron chi connectivity index (χ1n) is 7.22. The molecule has 0 fully saturated rings. The molecule has 0 saturated heterocycles. The van der Waals surface area contributed by atoms with E-state index in [4.69, 9.17) is 16.3 Å². The summed E-state index contributed by atoms with van der Waals surface area (Å²) in [5.41, 5.74) is 0.722. The molecular formula is C18H13ClF3NO. The third-order valence-electron chi connectivity index (χ3n) is 3.68. The summed E-state index contributed by atoms with van der Waals surface area (Å²) in [4.78, 5) is 4.21. The zero-order chi connectivity index (χ0) is 17.3. The highest BCUT2D eigenvalue weighted by Crippen LogP contribution is 2.31. The molecule has 0 aliphatic rings. The Morgan fingerprint density at radius 2 is 1.75 bits per heavy atom. The van der Waals surface area contributed by atoms with E-state index in [1.165, 1.54) is 12.1 Å². The zero-order valence-electron chi connectivity index (χ0n) is 12.6. The van der Waals surface area contributed by atoms with Gasteiger partial charge in [0.2, 0.25) is 0 Å². The molecule has 0 aliphatic heterocycles. The fraction of sp³-hybridized carbons (Fsp3) is 0.167. The molecule has 0 amide bonds. The number of ether oxygens (including phenoxy) is 1. The molecule has 2 nitrogen and oxygen atoms in total. The van der Waals surface area contributed by atoms with Crippen molar-refractivity contribution in [3.63, 3.8) is 0 Å². The van der Waals surface area contributed by atoms with E-state index >= 15 is 0 Å². The van der Waals surface area contributed by atoms with E-state index in [-0.39, 0.29) is 0 Å². The molecule has 124 valence electrons. The number of aromatic nitrogens is 1. The van der Waals surface area contributed by atoms with E-state index in [9.17, 15) is 13.2 Å². The van der Waals surface area contributed by atoms with Gasteiger partial charge in [-0.15, -0.1) is 0 Å². The van der Waals surface area contributed by atoms with Gasteiger partial charge in [0.15, 0.2) is 0 Å². The maximum absolute atomic E-state index is 12.6. The lowest BCUT2D eigenvalue weighted by atomic mass is 10.1. The molecule has 6 heteroatoms. The maximum Gasteiger partial charge on any atom is 0.416 e. The van der Waals surface area contributed by atoms with Crippen LogP contribution in [-0.4, -0.2) is 4.98 Å². The lowest BCUT2D eigenvalue weighted by Crippen LogP contribution is -2.07. The molecule has 2 aromatic carbocycles. The van der Waals surface area contributed by atoms with Crippen molar-refractivity contribution in [2.45, 2.75) is 19.2 Å². The quantitative estimate of drug-likeness (QED) is 0.573. The molecule has 24 heavy (non-hydrogen) atoms. The molecule has 0 N–H and O–H groups in total. The summed E-state index contributed by atoms with van der Waals surface area (Å²) >= 11 is 6.14. The molecule has 1 heterocycles. The van der Waals surface area contributed by atoms with Gasteiger partial charge in [0.05, 0.1) is 16.1 Å². The van der Waals surface area contributed by atoms with E-state index in [0.29, 0.717) is 16.3 Å². The second-order valence-corrected chi connectivity index (χ2v) is 5.76. The maximum atomic E-state index is 12.6. The van der Waals surface area contributed by atoms with Crippen LogP contribution in [0.25, 0.3) is 10.9 Å². The van der Waals surface area contributed by atoms with Gasteiger partial charge in [-0.1, -0.05) is 23.7 Å². The Morgan fingerprint density at radius 3 is 2.42 bits per heavy atom. The van der Waals surface area contributed by atoms with Gasteiger partial charge in [-0.25, -0.2) is 0 Å². The van der Waals surface area contributed by atoms with Crippen molar-refractivity contribution >= 4 is 22.5 Å². The van der Waals surface area contributed by atoms with Gasteiger partial charge in [-0.05, 0) is 48.9 Å². The average Bonchev–Trinajstić information content (AvgIpc) is 2.55. The summed E-state index contributed by atoms with van der Waals surface area (Å²) in [5, 5.41) is 1.32. The molecule has 1 aromatic heterocycles. The van der Waals surface area contributed by atoms with Crippen molar-refractivity contribution in [1.82, 2.24) is 4.98 Å². The second kappa shape index (κ2) is 6.32. The third kappa shape index (κ3) is 3.46. The molecular weight excluding hydrogens is 339 g/mol. The highest BCUT2D eigenvalue weighted by Gasteiger charge is 2.30. The summed E-state index contributed by atoms with van der Waals surface area (Å²) in [5.74, 6) is 0.574. The van der Waals surface area contributed by atoms with Gasteiger partial charge in [0, 0.05) is 11.6 Å². The predicted molar refractivity (Wildman–Crippen MR) is 87.2 cm³/mol. The van der Waals surface area contributed by atoms with E-state index in [2.05, 4.69) is 4.98 Å². The molecule has 0 radical (unpaired) electrons. The van der Waals surface area contributed by atoms with Crippen LogP contribution in [0.15, 0.2) is 54.7 Å². The van der Waals surface area contributed by atoms with Crippen LogP contribution >= 0.6 is 11.6 Å². The Kier molecular flexibility index (Phi) is 4.37. The van der Waals surface area contributed by atoms with Crippen molar-refractivity contribution in [2.24, 2.45) is 0 Å². The largest absolute Gasteiger partial charge is 0.486 e. The predicted octanol–water partition coefficient (Wildman–Crippen LogP) is 6.05. The van der Waals surface area contributed by atoms with Gasteiger partial charge >= 0.3 is 6.18 Å². The fourth-order valence-corrected chi connectivity index (χ4v) is 2.59. The number of nitrogens with zero attached hydrogens (tertiary/aromatic N) is 1. The molecule has 0 spiro atoms. The Morgan fingerprint density at radius 1 is 1.04 bits per heavy atom. The molecule has 1 atom stereocenters. The minimum Gasteiger partial charge on any atom is -0.486 e. The van der Waals surface area contributed by atoms with Crippen LogP contribution in [0, 0.1) is 0 Å². The number of halogens is 4. The van der Waals surface area contributed by atoms with Crippen LogP contribution in [0.2, 0.25) is 5.02 Å². The average molecular weight is 352 g/mol. The van der Waals surface area contributed by atoms with Crippen LogP contribution in [0.1, 0.15) is 24.2 Å². The minimum atomic E-state index is -4.34. The Hall–Kier alpha value is -2.27. The van der Waals surface area contributed by atoms with Crippen molar-refractivity contribution in [3.8, 4) is 5.75 Å². The lowest BCUT2D eigenvalue weighted by molar-refractivity contribution is -0.137. The van der Waals surface area contributed by atoms with Crippen LogP contribution in [0.3, 0.4) is 0 Å². The smallest absolute Gasteiger partial charge is 0.416 e. The van der Waals surface area contributed by atoms with Gasteiger partial charge in [-0.3, -0.25) is 4.98 Å². The van der Waals surface area contributed by atoms with Crippen molar-refractivity contribution in [1.29, 1.82) is 0 Å². The second-order valence-electron chi connectivity index (χ2n) is 5.35. The number of rotatable bonds is 3. The number of hydrogen-bond acceptors (Lipinski definition) is 2. The molecule has 0 saturated carbocycles. The first-order chi connectivity index (χ1) is 11.3. The van der Waals surface area contributed by atoms with Crippen molar-refractivity contribution in [2.75, 3.05) is 0 Å². The normalized spacial score (nSPS) is 13.0. The van der Waals surface area contributed by atoms with Gasteiger partial charge in [0.25, 0.3) is 0 Å². The summed E-state index contributed by atoms with van der Waals surface area (Å²) in [7, 11) is 0. The van der Waals surface area contributed by atoms with E-state index < -0.39 is 17.8 Å². The van der Waals surface area contributed by atoms with Gasteiger partial charge in [0.1, 0.15) is 11.9 Å². The first-order valence-corrected chi connectivity index (χ1v) is 7.60. The summed E-state index contributed by atoms with van der Waals surface area (Å²) in [6, 6.07) is 11.9. The van der Waals surface area contributed by atoms with Crippen molar-refractivity contribution < 1.29 is 17.9 Å². The molecule has 1 unspecified atom stereocenters. The van der Waals surface area contributed by atoms with Gasteiger partial charge < -0.3 is 4.74 Å². The van der Waals surface area contributed by atoms with Crippen LogP contribution < -0.4 is 4.74 Å². The highest BCUT2D eigenvalue weighted by atomic mass is 35.5. The Balaban J connectivity index is 1.82. The van der Waals surface area contributed by atoms with Crippen LogP contribution in [-0.2, 0) is 6.18 Å². The first kappa shape index (κ1) is 16.6.